The Hall–Kier alpha value is -3.28. The zero-order valence-corrected chi connectivity index (χ0v) is 17.2. The van der Waals surface area contributed by atoms with Crippen LogP contribution in [-0.2, 0) is 6.61 Å². The lowest BCUT2D eigenvalue weighted by molar-refractivity contribution is 0.104. The van der Waals surface area contributed by atoms with Crippen LogP contribution in [0.25, 0.3) is 11.8 Å². The monoisotopic (exact) mass is 438 g/mol. The lowest BCUT2D eigenvalue weighted by atomic mass is 10.1. The minimum Gasteiger partial charge on any atom is -0.486 e. The standard InChI is InChI=1S/C23H16Cl2N2O3/c24-21-9-7-19(13-22(21)25)29-14-20-6-5-18(30-20)8-10-23(28)16-1-3-17(4-2-16)27-12-11-26-15-27/h1-13,15H,14H2/b10-8+. The minimum atomic E-state index is -0.114. The Morgan fingerprint density at radius 2 is 1.90 bits per heavy atom. The molecule has 0 N–H and O–H groups in total. The molecule has 0 fully saturated rings. The first kappa shape index (κ1) is 20.0. The summed E-state index contributed by atoms with van der Waals surface area (Å²) >= 11 is 11.9. The van der Waals surface area contributed by atoms with Crippen molar-refractivity contribution >= 4 is 35.1 Å². The number of hydrogen-bond donors (Lipinski definition) is 0. The highest BCUT2D eigenvalue weighted by Gasteiger charge is 2.06. The molecule has 0 spiro atoms. The van der Waals surface area contributed by atoms with Gasteiger partial charge in [-0.2, -0.15) is 0 Å². The van der Waals surface area contributed by atoms with Gasteiger partial charge in [-0.1, -0.05) is 23.2 Å². The molecule has 2 heterocycles. The maximum absolute atomic E-state index is 12.4. The Morgan fingerprint density at radius 3 is 2.63 bits per heavy atom. The summed E-state index contributed by atoms with van der Waals surface area (Å²) in [6.45, 7) is 0.232. The van der Waals surface area contributed by atoms with E-state index in [2.05, 4.69) is 4.98 Å². The number of ketones is 1. The fraction of sp³-hybridized carbons (Fsp3) is 0.0435. The molecule has 0 unspecified atom stereocenters. The summed E-state index contributed by atoms with van der Waals surface area (Å²) in [5.41, 5.74) is 1.52. The minimum absolute atomic E-state index is 0.114. The van der Waals surface area contributed by atoms with E-state index >= 15 is 0 Å². The molecule has 4 rings (SSSR count). The quantitative estimate of drug-likeness (QED) is 0.252. The summed E-state index contributed by atoms with van der Waals surface area (Å²) in [6.07, 6.45) is 8.37. The molecule has 0 saturated heterocycles. The average Bonchev–Trinajstić information content (AvgIpc) is 3.45. The largest absolute Gasteiger partial charge is 0.486 e. The van der Waals surface area contributed by atoms with Crippen LogP contribution in [-0.4, -0.2) is 15.3 Å². The number of imidazole rings is 1. The van der Waals surface area contributed by atoms with Gasteiger partial charge in [0.2, 0.25) is 0 Å². The zero-order valence-electron chi connectivity index (χ0n) is 15.7. The number of ether oxygens (including phenoxy) is 1. The summed E-state index contributed by atoms with van der Waals surface area (Å²) in [7, 11) is 0. The van der Waals surface area contributed by atoms with Gasteiger partial charge < -0.3 is 13.7 Å². The van der Waals surface area contributed by atoms with Crippen LogP contribution in [0.2, 0.25) is 10.0 Å². The molecule has 2 aromatic heterocycles. The molecule has 0 aliphatic heterocycles. The number of hydrogen-bond acceptors (Lipinski definition) is 4. The highest BCUT2D eigenvalue weighted by Crippen LogP contribution is 2.27. The summed E-state index contributed by atoms with van der Waals surface area (Å²) < 4.78 is 13.2. The number of aromatic nitrogens is 2. The number of carbonyl (C=O) groups excluding carboxylic acids is 1. The Labute approximate surface area is 183 Å². The topological polar surface area (TPSA) is 57.3 Å². The van der Waals surface area contributed by atoms with Gasteiger partial charge in [-0.25, -0.2) is 4.98 Å². The van der Waals surface area contributed by atoms with Gasteiger partial charge in [0.25, 0.3) is 0 Å². The summed E-state index contributed by atoms with van der Waals surface area (Å²) in [6, 6.07) is 15.9. The summed E-state index contributed by atoms with van der Waals surface area (Å²) in [4.78, 5) is 16.4. The molecule has 0 amide bonds. The van der Waals surface area contributed by atoms with Gasteiger partial charge in [-0.3, -0.25) is 4.79 Å². The van der Waals surface area contributed by atoms with Crippen LogP contribution < -0.4 is 4.74 Å². The van der Waals surface area contributed by atoms with Gasteiger partial charge in [0.05, 0.1) is 16.4 Å². The number of halogens is 2. The van der Waals surface area contributed by atoms with Gasteiger partial charge in [-0.15, -0.1) is 0 Å². The normalized spacial score (nSPS) is 11.1. The highest BCUT2D eigenvalue weighted by molar-refractivity contribution is 6.42. The number of rotatable bonds is 7. The molecular weight excluding hydrogens is 423 g/mol. The van der Waals surface area contributed by atoms with Crippen LogP contribution in [0, 0.1) is 0 Å². The molecular formula is C23H16Cl2N2O3. The van der Waals surface area contributed by atoms with Crippen LogP contribution in [0.5, 0.6) is 5.75 Å². The van der Waals surface area contributed by atoms with E-state index in [0.717, 1.165) is 5.69 Å². The Morgan fingerprint density at radius 1 is 1.07 bits per heavy atom. The highest BCUT2D eigenvalue weighted by atomic mass is 35.5. The summed E-state index contributed by atoms with van der Waals surface area (Å²) in [5.74, 6) is 1.66. The fourth-order valence-electron chi connectivity index (χ4n) is 2.75. The van der Waals surface area contributed by atoms with Crippen LogP contribution in [0.1, 0.15) is 21.9 Å². The number of benzene rings is 2. The SMILES string of the molecule is O=C(/C=C/c1ccc(COc2ccc(Cl)c(Cl)c2)o1)c1ccc(-n2ccnc2)cc1. The van der Waals surface area contributed by atoms with E-state index in [1.165, 1.54) is 6.08 Å². The Kier molecular flexibility index (Phi) is 6.02. The number of allylic oxidation sites excluding steroid dienone is 1. The molecule has 5 nitrogen and oxygen atoms in total. The third-order valence-electron chi connectivity index (χ3n) is 4.31. The molecule has 0 aliphatic rings. The van der Waals surface area contributed by atoms with Gasteiger partial charge in [0.1, 0.15) is 23.9 Å². The van der Waals surface area contributed by atoms with Gasteiger partial charge in [-0.05, 0) is 60.7 Å². The van der Waals surface area contributed by atoms with E-state index < -0.39 is 0 Å². The van der Waals surface area contributed by atoms with Crippen molar-refractivity contribution < 1.29 is 13.9 Å². The second-order valence-corrected chi connectivity index (χ2v) is 7.20. The van der Waals surface area contributed by atoms with Gasteiger partial charge in [0.15, 0.2) is 5.78 Å². The van der Waals surface area contributed by atoms with E-state index in [1.807, 2.05) is 22.9 Å². The third kappa shape index (κ3) is 4.82. The molecule has 0 radical (unpaired) electrons. The number of furan rings is 1. The molecule has 0 bridgehead atoms. The lowest BCUT2D eigenvalue weighted by Crippen LogP contribution is -1.96. The van der Waals surface area contributed by atoms with Crippen molar-refractivity contribution in [3.63, 3.8) is 0 Å². The predicted octanol–water partition coefficient (Wildman–Crippen LogP) is 6.25. The molecule has 0 atom stereocenters. The van der Waals surface area contributed by atoms with E-state index in [9.17, 15) is 4.79 Å². The maximum Gasteiger partial charge on any atom is 0.185 e. The van der Waals surface area contributed by atoms with E-state index in [1.54, 1.807) is 61.1 Å². The van der Waals surface area contributed by atoms with Crippen LogP contribution in [0.4, 0.5) is 0 Å². The molecule has 150 valence electrons. The van der Waals surface area contributed by atoms with Crippen LogP contribution >= 0.6 is 23.2 Å². The smallest absolute Gasteiger partial charge is 0.185 e. The zero-order chi connectivity index (χ0) is 20.9. The first-order valence-electron chi connectivity index (χ1n) is 9.06. The van der Waals surface area contributed by atoms with E-state index in [4.69, 9.17) is 32.4 Å². The predicted molar refractivity (Wildman–Crippen MR) is 116 cm³/mol. The molecule has 0 aliphatic carbocycles. The van der Waals surface area contributed by atoms with Gasteiger partial charge >= 0.3 is 0 Å². The van der Waals surface area contributed by atoms with Crippen LogP contribution in [0.3, 0.4) is 0 Å². The lowest BCUT2D eigenvalue weighted by Gasteiger charge is -2.05. The second kappa shape index (κ2) is 9.03. The first-order valence-corrected chi connectivity index (χ1v) is 9.81. The Balaban J connectivity index is 1.35. The molecule has 4 aromatic rings. The van der Waals surface area contributed by atoms with E-state index in [-0.39, 0.29) is 12.4 Å². The second-order valence-electron chi connectivity index (χ2n) is 6.38. The number of carbonyl (C=O) groups is 1. The van der Waals surface area contributed by atoms with Crippen molar-refractivity contribution in [2.24, 2.45) is 0 Å². The average molecular weight is 439 g/mol. The molecule has 7 heteroatoms. The van der Waals surface area contributed by atoms with Crippen molar-refractivity contribution in [2.45, 2.75) is 6.61 Å². The van der Waals surface area contributed by atoms with Crippen molar-refractivity contribution in [1.29, 1.82) is 0 Å². The van der Waals surface area contributed by atoms with Gasteiger partial charge in [0, 0.05) is 29.7 Å². The fourth-order valence-corrected chi connectivity index (χ4v) is 3.03. The van der Waals surface area contributed by atoms with Crippen molar-refractivity contribution in [1.82, 2.24) is 9.55 Å². The first-order chi connectivity index (χ1) is 14.6. The maximum atomic E-state index is 12.4. The van der Waals surface area contributed by atoms with Crippen LogP contribution in [0.15, 0.2) is 83.8 Å². The third-order valence-corrected chi connectivity index (χ3v) is 5.05. The molecule has 30 heavy (non-hydrogen) atoms. The van der Waals surface area contributed by atoms with Crippen molar-refractivity contribution in [3.05, 3.63) is 107 Å². The van der Waals surface area contributed by atoms with Crippen molar-refractivity contribution in [2.75, 3.05) is 0 Å². The summed E-state index contributed by atoms with van der Waals surface area (Å²) in [5, 5.41) is 0.893. The number of nitrogens with zero attached hydrogens (tertiary/aromatic N) is 2. The molecule has 2 aromatic carbocycles. The Bertz CT molecular complexity index is 1180. The van der Waals surface area contributed by atoms with Crippen molar-refractivity contribution in [3.8, 4) is 11.4 Å². The van der Waals surface area contributed by atoms with E-state index in [0.29, 0.717) is 32.9 Å². The molecule has 0 saturated carbocycles.